The number of unbranched alkanes of at least 4 members (excludes halogenated alkanes) is 13. The molecule has 0 unspecified atom stereocenters. The van der Waals surface area contributed by atoms with E-state index in [1.54, 1.807) is 0 Å². The highest BCUT2D eigenvalue weighted by atomic mass is 16.5. The average Bonchev–Trinajstić information content (AvgIpc) is 2.57. The van der Waals surface area contributed by atoms with Crippen molar-refractivity contribution in [3.05, 3.63) is 0 Å². The molecule has 0 aliphatic rings. The van der Waals surface area contributed by atoms with Gasteiger partial charge in [-0.15, -0.1) is 0 Å². The third-order valence-electron chi connectivity index (χ3n) is 4.55. The quantitative estimate of drug-likeness (QED) is 0.258. The van der Waals surface area contributed by atoms with Crippen LogP contribution in [0.1, 0.15) is 110 Å². The van der Waals surface area contributed by atoms with Crippen molar-refractivity contribution in [3.8, 4) is 0 Å². The summed E-state index contributed by atoms with van der Waals surface area (Å²) in [6.07, 6.45) is 20.9. The number of rotatable bonds is 20. The van der Waals surface area contributed by atoms with Gasteiger partial charge in [0.1, 0.15) is 0 Å². The molecule has 23 heavy (non-hydrogen) atoms. The van der Waals surface area contributed by atoms with Crippen LogP contribution in [0.4, 0.5) is 0 Å². The fourth-order valence-electron chi connectivity index (χ4n) is 2.99. The molecule has 0 atom stereocenters. The number of nitrogens with one attached hydrogen (secondary N) is 1. The molecule has 140 valence electrons. The Morgan fingerprint density at radius 2 is 0.957 bits per heavy atom. The van der Waals surface area contributed by atoms with E-state index in [2.05, 4.69) is 19.2 Å². The number of ether oxygens (including phenoxy) is 1. The van der Waals surface area contributed by atoms with Crippen molar-refractivity contribution < 1.29 is 4.74 Å². The van der Waals surface area contributed by atoms with Crippen LogP contribution < -0.4 is 5.32 Å². The Morgan fingerprint density at radius 3 is 1.43 bits per heavy atom. The van der Waals surface area contributed by atoms with Gasteiger partial charge in [-0.05, 0) is 39.3 Å². The average molecular weight is 328 g/mol. The first-order valence-electron chi connectivity index (χ1n) is 10.7. The van der Waals surface area contributed by atoms with E-state index in [0.29, 0.717) is 0 Å². The molecule has 0 radical (unpaired) electrons. The van der Waals surface area contributed by atoms with Crippen LogP contribution in [0.15, 0.2) is 0 Å². The minimum atomic E-state index is 0.866. The van der Waals surface area contributed by atoms with Crippen molar-refractivity contribution in [2.75, 3.05) is 26.3 Å². The summed E-state index contributed by atoms with van der Waals surface area (Å²) in [5, 5.41) is 3.60. The van der Waals surface area contributed by atoms with Crippen LogP contribution in [0.25, 0.3) is 0 Å². The first-order valence-corrected chi connectivity index (χ1v) is 10.7. The maximum atomic E-state index is 5.35. The largest absolute Gasteiger partial charge is 0.382 e. The summed E-state index contributed by atoms with van der Waals surface area (Å²) in [6.45, 7) is 8.63. The predicted octanol–water partition coefficient (Wildman–Crippen LogP) is 6.48. The van der Waals surface area contributed by atoms with Crippen molar-refractivity contribution in [2.24, 2.45) is 0 Å². The van der Waals surface area contributed by atoms with Crippen molar-refractivity contribution in [1.29, 1.82) is 0 Å². The number of hydrogen-bond acceptors (Lipinski definition) is 2. The molecule has 0 aliphatic heterocycles. The van der Waals surface area contributed by atoms with Crippen LogP contribution in [-0.2, 0) is 4.74 Å². The SMILES string of the molecule is CCCCCCCCCCCNCCCCCCCCOCC. The molecule has 2 nitrogen and oxygen atoms in total. The summed E-state index contributed by atoms with van der Waals surface area (Å²) in [6, 6.07) is 0. The monoisotopic (exact) mass is 327 g/mol. The Kier molecular flexibility index (Phi) is 21.8. The molecule has 0 saturated heterocycles. The van der Waals surface area contributed by atoms with E-state index in [4.69, 9.17) is 4.74 Å². The van der Waals surface area contributed by atoms with E-state index in [9.17, 15) is 0 Å². The van der Waals surface area contributed by atoms with E-state index in [1.807, 2.05) is 0 Å². The molecule has 0 spiro atoms. The van der Waals surface area contributed by atoms with E-state index in [0.717, 1.165) is 13.2 Å². The predicted molar refractivity (Wildman–Crippen MR) is 104 cm³/mol. The lowest BCUT2D eigenvalue weighted by Crippen LogP contribution is -2.16. The fraction of sp³-hybridized carbons (Fsp3) is 1.00. The lowest BCUT2D eigenvalue weighted by molar-refractivity contribution is 0.143. The normalized spacial score (nSPS) is 11.2. The lowest BCUT2D eigenvalue weighted by Gasteiger charge is -2.05. The summed E-state index contributed by atoms with van der Waals surface area (Å²) in [5.41, 5.74) is 0. The van der Waals surface area contributed by atoms with Crippen LogP contribution in [-0.4, -0.2) is 26.3 Å². The highest BCUT2D eigenvalue weighted by Gasteiger charge is 1.94. The second-order valence-electron chi connectivity index (χ2n) is 6.90. The van der Waals surface area contributed by atoms with Crippen LogP contribution in [0.3, 0.4) is 0 Å². The molecular formula is C21H45NO. The van der Waals surface area contributed by atoms with Gasteiger partial charge in [0, 0.05) is 13.2 Å². The molecule has 0 fully saturated rings. The molecule has 0 aliphatic carbocycles. The third kappa shape index (κ3) is 21.9. The van der Waals surface area contributed by atoms with Crippen LogP contribution in [0, 0.1) is 0 Å². The molecule has 0 aromatic rings. The maximum absolute atomic E-state index is 5.35. The van der Waals surface area contributed by atoms with E-state index in [-0.39, 0.29) is 0 Å². The minimum absolute atomic E-state index is 0.866. The Labute approximate surface area is 147 Å². The van der Waals surface area contributed by atoms with Gasteiger partial charge in [-0.1, -0.05) is 84.0 Å². The molecule has 0 rings (SSSR count). The summed E-state index contributed by atoms with van der Waals surface area (Å²) in [7, 11) is 0. The van der Waals surface area contributed by atoms with Gasteiger partial charge in [0.15, 0.2) is 0 Å². The molecular weight excluding hydrogens is 282 g/mol. The van der Waals surface area contributed by atoms with E-state index >= 15 is 0 Å². The highest BCUT2D eigenvalue weighted by molar-refractivity contribution is 4.52. The molecule has 1 N–H and O–H groups in total. The first-order chi connectivity index (χ1) is 11.4. The zero-order valence-corrected chi connectivity index (χ0v) is 16.3. The molecule has 0 aromatic heterocycles. The van der Waals surface area contributed by atoms with Crippen LogP contribution in [0.2, 0.25) is 0 Å². The number of hydrogen-bond donors (Lipinski definition) is 1. The van der Waals surface area contributed by atoms with Crippen molar-refractivity contribution in [1.82, 2.24) is 5.32 Å². The van der Waals surface area contributed by atoms with Gasteiger partial charge in [0.2, 0.25) is 0 Å². The van der Waals surface area contributed by atoms with Gasteiger partial charge < -0.3 is 10.1 Å². The minimum Gasteiger partial charge on any atom is -0.382 e. The van der Waals surface area contributed by atoms with Gasteiger partial charge >= 0.3 is 0 Å². The van der Waals surface area contributed by atoms with Gasteiger partial charge in [-0.3, -0.25) is 0 Å². The summed E-state index contributed by atoms with van der Waals surface area (Å²) in [4.78, 5) is 0. The standard InChI is InChI=1S/C21H45NO/c1-3-5-6-7-8-9-10-13-16-19-22-20-17-14-11-12-15-18-21-23-4-2/h22H,3-21H2,1-2H3. The highest BCUT2D eigenvalue weighted by Crippen LogP contribution is 2.09. The van der Waals surface area contributed by atoms with Gasteiger partial charge in [-0.25, -0.2) is 0 Å². The zero-order chi connectivity index (χ0) is 16.8. The summed E-state index contributed by atoms with van der Waals surface area (Å²) < 4.78 is 5.35. The summed E-state index contributed by atoms with van der Waals surface area (Å²) in [5.74, 6) is 0. The van der Waals surface area contributed by atoms with Gasteiger partial charge in [-0.2, -0.15) is 0 Å². The molecule has 0 amide bonds. The van der Waals surface area contributed by atoms with Crippen molar-refractivity contribution >= 4 is 0 Å². The van der Waals surface area contributed by atoms with Crippen molar-refractivity contribution in [2.45, 2.75) is 110 Å². The molecule has 0 saturated carbocycles. The van der Waals surface area contributed by atoms with E-state index < -0.39 is 0 Å². The molecule has 0 bridgehead atoms. The Morgan fingerprint density at radius 1 is 0.522 bits per heavy atom. The Balaban J connectivity index is 2.92. The first kappa shape index (κ1) is 22.9. The second kappa shape index (κ2) is 21.9. The Hall–Kier alpha value is -0.0800. The molecule has 0 heterocycles. The van der Waals surface area contributed by atoms with Crippen LogP contribution >= 0.6 is 0 Å². The zero-order valence-electron chi connectivity index (χ0n) is 16.3. The lowest BCUT2D eigenvalue weighted by atomic mass is 10.1. The fourth-order valence-corrected chi connectivity index (χ4v) is 2.99. The Bertz CT molecular complexity index is 176. The maximum Gasteiger partial charge on any atom is 0.0465 e. The van der Waals surface area contributed by atoms with Crippen LogP contribution in [0.5, 0.6) is 0 Å². The van der Waals surface area contributed by atoms with Crippen molar-refractivity contribution in [3.63, 3.8) is 0 Å². The van der Waals surface area contributed by atoms with Gasteiger partial charge in [0.05, 0.1) is 0 Å². The second-order valence-corrected chi connectivity index (χ2v) is 6.90. The summed E-state index contributed by atoms with van der Waals surface area (Å²) >= 11 is 0. The van der Waals surface area contributed by atoms with Gasteiger partial charge in [0.25, 0.3) is 0 Å². The smallest absolute Gasteiger partial charge is 0.0465 e. The van der Waals surface area contributed by atoms with E-state index in [1.165, 1.54) is 109 Å². The molecule has 2 heteroatoms. The topological polar surface area (TPSA) is 21.3 Å². The third-order valence-corrected chi connectivity index (χ3v) is 4.55. The molecule has 0 aromatic carbocycles.